The highest BCUT2D eigenvalue weighted by molar-refractivity contribution is 5.13. The van der Waals surface area contributed by atoms with Gasteiger partial charge in [-0.1, -0.05) is 30.3 Å². The average Bonchev–Trinajstić information content (AvgIpc) is 2.29. The van der Waals surface area contributed by atoms with Crippen LogP contribution in [-0.2, 0) is 11.3 Å². The third-order valence-electron chi connectivity index (χ3n) is 2.71. The summed E-state index contributed by atoms with van der Waals surface area (Å²) in [5.41, 5.74) is 1.28. The Morgan fingerprint density at radius 3 is 2.50 bits per heavy atom. The first-order valence-corrected chi connectivity index (χ1v) is 5.42. The van der Waals surface area contributed by atoms with Crippen LogP contribution in [0.2, 0.25) is 0 Å². The highest BCUT2D eigenvalue weighted by atomic mass is 16.5. The summed E-state index contributed by atoms with van der Waals surface area (Å²) in [4.78, 5) is 0. The van der Waals surface area contributed by atoms with E-state index in [0.29, 0.717) is 6.10 Å². The Morgan fingerprint density at radius 1 is 1.07 bits per heavy atom. The van der Waals surface area contributed by atoms with Gasteiger partial charge in [0.1, 0.15) is 0 Å². The van der Waals surface area contributed by atoms with Gasteiger partial charge in [0.2, 0.25) is 0 Å². The predicted octanol–water partition coefficient (Wildman–Crippen LogP) is 3.35. The van der Waals surface area contributed by atoms with Crippen LogP contribution in [0.4, 0.5) is 0 Å². The van der Waals surface area contributed by atoms with Gasteiger partial charge >= 0.3 is 0 Å². The zero-order valence-corrected chi connectivity index (χ0v) is 8.49. The Balaban J connectivity index is 1.76. The SMILES string of the molecule is [CH]1CCC(OCc2ccccc2)CC1. The zero-order valence-electron chi connectivity index (χ0n) is 8.49. The van der Waals surface area contributed by atoms with Gasteiger partial charge in [0.05, 0.1) is 12.7 Å². The van der Waals surface area contributed by atoms with Crippen LogP contribution in [0.5, 0.6) is 0 Å². The van der Waals surface area contributed by atoms with Crippen molar-refractivity contribution >= 4 is 0 Å². The number of rotatable bonds is 3. The van der Waals surface area contributed by atoms with Crippen molar-refractivity contribution < 1.29 is 4.74 Å². The molecule has 0 aromatic heterocycles. The first-order valence-electron chi connectivity index (χ1n) is 5.42. The molecule has 1 radical (unpaired) electrons. The van der Waals surface area contributed by atoms with Crippen molar-refractivity contribution in [2.24, 2.45) is 0 Å². The molecule has 1 fully saturated rings. The van der Waals surface area contributed by atoms with Gasteiger partial charge < -0.3 is 4.74 Å². The van der Waals surface area contributed by atoms with Crippen molar-refractivity contribution in [1.82, 2.24) is 0 Å². The summed E-state index contributed by atoms with van der Waals surface area (Å²) in [5.74, 6) is 0. The van der Waals surface area contributed by atoms with Crippen molar-refractivity contribution in [3.63, 3.8) is 0 Å². The minimum absolute atomic E-state index is 0.486. The fraction of sp³-hybridized carbons (Fsp3) is 0.462. The Labute approximate surface area is 86.1 Å². The van der Waals surface area contributed by atoms with Crippen LogP contribution in [-0.4, -0.2) is 6.10 Å². The number of ether oxygens (including phenoxy) is 1. The Kier molecular flexibility index (Phi) is 3.58. The second-order valence-corrected chi connectivity index (χ2v) is 3.86. The van der Waals surface area contributed by atoms with Crippen molar-refractivity contribution in [2.75, 3.05) is 0 Å². The second-order valence-electron chi connectivity index (χ2n) is 3.86. The van der Waals surface area contributed by atoms with Crippen LogP contribution in [0.1, 0.15) is 31.2 Å². The van der Waals surface area contributed by atoms with Crippen LogP contribution in [0.25, 0.3) is 0 Å². The largest absolute Gasteiger partial charge is 0.374 e. The molecule has 1 nitrogen and oxygen atoms in total. The molecule has 0 spiro atoms. The number of hydrogen-bond donors (Lipinski definition) is 0. The van der Waals surface area contributed by atoms with E-state index in [1.165, 1.54) is 31.2 Å². The maximum Gasteiger partial charge on any atom is 0.0720 e. The Morgan fingerprint density at radius 2 is 1.79 bits per heavy atom. The van der Waals surface area contributed by atoms with Gasteiger partial charge in [-0.05, 0) is 37.7 Å². The quantitative estimate of drug-likeness (QED) is 0.708. The van der Waals surface area contributed by atoms with E-state index in [2.05, 4.69) is 30.7 Å². The highest BCUT2D eigenvalue weighted by Crippen LogP contribution is 2.20. The molecule has 0 amide bonds. The molecule has 1 heteroatoms. The van der Waals surface area contributed by atoms with Gasteiger partial charge in [0, 0.05) is 0 Å². The highest BCUT2D eigenvalue weighted by Gasteiger charge is 2.13. The van der Waals surface area contributed by atoms with E-state index in [1.54, 1.807) is 0 Å². The van der Waals surface area contributed by atoms with Crippen molar-refractivity contribution in [2.45, 2.75) is 38.4 Å². The van der Waals surface area contributed by atoms with Gasteiger partial charge in [0.15, 0.2) is 0 Å². The molecule has 2 rings (SSSR count). The molecule has 1 aromatic carbocycles. The lowest BCUT2D eigenvalue weighted by molar-refractivity contribution is 0.0230. The molecule has 0 heterocycles. The van der Waals surface area contributed by atoms with E-state index in [9.17, 15) is 0 Å². The van der Waals surface area contributed by atoms with Gasteiger partial charge in [0.25, 0.3) is 0 Å². The molecule has 0 N–H and O–H groups in total. The molecule has 0 saturated heterocycles. The summed E-state index contributed by atoms with van der Waals surface area (Å²) in [7, 11) is 0. The van der Waals surface area contributed by atoms with Crippen molar-refractivity contribution in [1.29, 1.82) is 0 Å². The molecule has 1 aliphatic rings. The molecule has 1 aromatic rings. The predicted molar refractivity (Wildman–Crippen MR) is 57.8 cm³/mol. The second kappa shape index (κ2) is 5.16. The van der Waals surface area contributed by atoms with Gasteiger partial charge in [-0.3, -0.25) is 0 Å². The fourth-order valence-corrected chi connectivity index (χ4v) is 1.85. The molecule has 0 atom stereocenters. The van der Waals surface area contributed by atoms with Gasteiger partial charge in [-0.15, -0.1) is 0 Å². The molecule has 0 unspecified atom stereocenters. The maximum atomic E-state index is 5.85. The van der Waals surface area contributed by atoms with Crippen LogP contribution in [0.3, 0.4) is 0 Å². The van der Waals surface area contributed by atoms with E-state index in [4.69, 9.17) is 4.74 Å². The van der Waals surface area contributed by atoms with Crippen molar-refractivity contribution in [3.8, 4) is 0 Å². The van der Waals surface area contributed by atoms with Gasteiger partial charge in [-0.25, -0.2) is 0 Å². The van der Waals surface area contributed by atoms with Crippen LogP contribution < -0.4 is 0 Å². The smallest absolute Gasteiger partial charge is 0.0720 e. The van der Waals surface area contributed by atoms with E-state index in [-0.39, 0.29) is 0 Å². The Hall–Kier alpha value is -0.820. The molecule has 1 saturated carbocycles. The minimum Gasteiger partial charge on any atom is -0.374 e. The lowest BCUT2D eigenvalue weighted by atomic mass is 9.98. The summed E-state index contributed by atoms with van der Waals surface area (Å²) in [6.45, 7) is 0.769. The normalized spacial score (nSPS) is 18.3. The molecule has 75 valence electrons. The van der Waals surface area contributed by atoms with Crippen molar-refractivity contribution in [3.05, 3.63) is 42.3 Å². The van der Waals surface area contributed by atoms with E-state index in [1.807, 2.05) is 6.07 Å². The van der Waals surface area contributed by atoms with Crippen LogP contribution in [0, 0.1) is 6.42 Å². The average molecular weight is 189 g/mol. The minimum atomic E-state index is 0.486. The number of benzene rings is 1. The lowest BCUT2D eigenvalue weighted by Gasteiger charge is -2.21. The molecular weight excluding hydrogens is 172 g/mol. The Bertz CT molecular complexity index is 249. The first kappa shape index (κ1) is 9.72. The molecular formula is C13H17O. The van der Waals surface area contributed by atoms with Crippen LogP contribution >= 0.6 is 0 Å². The van der Waals surface area contributed by atoms with E-state index >= 15 is 0 Å². The lowest BCUT2D eigenvalue weighted by Crippen LogP contribution is -2.16. The third-order valence-corrected chi connectivity index (χ3v) is 2.71. The summed E-state index contributed by atoms with van der Waals surface area (Å²) >= 11 is 0. The van der Waals surface area contributed by atoms with Gasteiger partial charge in [-0.2, -0.15) is 0 Å². The molecule has 0 bridgehead atoms. The van der Waals surface area contributed by atoms with E-state index < -0.39 is 0 Å². The molecule has 0 aliphatic heterocycles. The molecule has 1 aliphatic carbocycles. The topological polar surface area (TPSA) is 9.23 Å². The van der Waals surface area contributed by atoms with Crippen LogP contribution in [0.15, 0.2) is 30.3 Å². The third kappa shape index (κ3) is 2.85. The molecule has 14 heavy (non-hydrogen) atoms. The summed E-state index contributed by atoms with van der Waals surface area (Å²) in [6, 6.07) is 10.4. The summed E-state index contributed by atoms with van der Waals surface area (Å²) < 4.78 is 5.85. The summed E-state index contributed by atoms with van der Waals surface area (Å²) in [6.07, 6.45) is 7.70. The fourth-order valence-electron chi connectivity index (χ4n) is 1.85. The standard InChI is InChI=1S/C13H17O/c1-3-7-12(8-4-1)11-14-13-9-5-2-6-10-13/h1-4,7-8,13H,5-6,9-11H2. The number of hydrogen-bond acceptors (Lipinski definition) is 1. The summed E-state index contributed by atoms with van der Waals surface area (Å²) in [5, 5.41) is 0. The van der Waals surface area contributed by atoms with E-state index in [0.717, 1.165) is 6.61 Å². The first-order chi connectivity index (χ1) is 6.95. The monoisotopic (exact) mass is 189 g/mol. The maximum absolute atomic E-state index is 5.85. The zero-order chi connectivity index (χ0) is 9.64.